The molecule has 1 aliphatic rings. The second kappa shape index (κ2) is 12.7. The first kappa shape index (κ1) is 24.4. The zero-order valence-electron chi connectivity index (χ0n) is 18.7. The summed E-state index contributed by atoms with van der Waals surface area (Å²) in [6.45, 7) is 9.04. The molecule has 0 aliphatic carbocycles. The van der Waals surface area contributed by atoms with E-state index in [4.69, 9.17) is 0 Å². The maximum absolute atomic E-state index is 13.0. The highest BCUT2D eigenvalue weighted by molar-refractivity contribution is 7.10. The third-order valence-corrected chi connectivity index (χ3v) is 6.49. The van der Waals surface area contributed by atoms with Crippen LogP contribution in [0.25, 0.3) is 0 Å². The lowest BCUT2D eigenvalue weighted by molar-refractivity contribution is -0.137. The first-order valence-electron chi connectivity index (χ1n) is 11.4. The SMILES string of the molecule is CCCC(NC(=O)CCCC(=O)N(CCC)CCC)C(=O)N1CCc2sccc2C1. The first-order chi connectivity index (χ1) is 14.5. The molecule has 2 rings (SSSR count). The highest BCUT2D eigenvalue weighted by Crippen LogP contribution is 2.24. The lowest BCUT2D eigenvalue weighted by Crippen LogP contribution is -2.49. The largest absolute Gasteiger partial charge is 0.344 e. The molecule has 3 amide bonds. The first-order valence-corrected chi connectivity index (χ1v) is 12.3. The molecular weight excluding hydrogens is 398 g/mol. The van der Waals surface area contributed by atoms with Crippen molar-refractivity contribution in [3.63, 3.8) is 0 Å². The van der Waals surface area contributed by atoms with Gasteiger partial charge in [0, 0.05) is 43.9 Å². The molecule has 0 aromatic carbocycles. The average molecular weight is 436 g/mol. The van der Waals surface area contributed by atoms with Gasteiger partial charge in [0.1, 0.15) is 6.04 Å². The summed E-state index contributed by atoms with van der Waals surface area (Å²) in [5, 5.41) is 5.01. The van der Waals surface area contributed by atoms with Crippen molar-refractivity contribution in [1.82, 2.24) is 15.1 Å². The molecule has 1 unspecified atom stereocenters. The molecule has 168 valence electrons. The van der Waals surface area contributed by atoms with E-state index in [1.165, 1.54) is 10.4 Å². The Morgan fingerprint density at radius 2 is 1.87 bits per heavy atom. The number of hydrogen-bond acceptors (Lipinski definition) is 4. The van der Waals surface area contributed by atoms with Gasteiger partial charge < -0.3 is 15.1 Å². The highest BCUT2D eigenvalue weighted by Gasteiger charge is 2.28. The van der Waals surface area contributed by atoms with E-state index >= 15 is 0 Å². The quantitative estimate of drug-likeness (QED) is 0.544. The van der Waals surface area contributed by atoms with E-state index in [9.17, 15) is 14.4 Å². The molecule has 0 saturated heterocycles. The van der Waals surface area contributed by atoms with Crippen molar-refractivity contribution < 1.29 is 14.4 Å². The third-order valence-electron chi connectivity index (χ3n) is 5.46. The fraction of sp³-hybridized carbons (Fsp3) is 0.696. The van der Waals surface area contributed by atoms with Crippen LogP contribution >= 0.6 is 11.3 Å². The van der Waals surface area contributed by atoms with Crippen LogP contribution in [0.5, 0.6) is 0 Å². The van der Waals surface area contributed by atoms with Crippen LogP contribution in [0.4, 0.5) is 0 Å². The minimum Gasteiger partial charge on any atom is -0.344 e. The molecule has 1 aromatic heterocycles. The van der Waals surface area contributed by atoms with Gasteiger partial charge in [-0.15, -0.1) is 11.3 Å². The summed E-state index contributed by atoms with van der Waals surface area (Å²) in [4.78, 5) is 43.0. The lowest BCUT2D eigenvalue weighted by Gasteiger charge is -2.31. The van der Waals surface area contributed by atoms with Crippen LogP contribution in [0.2, 0.25) is 0 Å². The Kier molecular flexibility index (Phi) is 10.3. The molecule has 0 spiro atoms. The van der Waals surface area contributed by atoms with Crippen molar-refractivity contribution >= 4 is 29.1 Å². The van der Waals surface area contributed by atoms with Gasteiger partial charge in [-0.3, -0.25) is 14.4 Å². The van der Waals surface area contributed by atoms with Gasteiger partial charge in [0.05, 0.1) is 0 Å². The maximum atomic E-state index is 13.0. The molecule has 0 fully saturated rings. The summed E-state index contributed by atoms with van der Waals surface area (Å²) in [7, 11) is 0. The fourth-order valence-electron chi connectivity index (χ4n) is 3.93. The lowest BCUT2D eigenvalue weighted by atomic mass is 10.1. The number of thiophene rings is 1. The Balaban J connectivity index is 1.82. The number of amides is 3. The second-order valence-corrected chi connectivity index (χ2v) is 9.02. The molecule has 30 heavy (non-hydrogen) atoms. The molecular formula is C23H37N3O3S. The normalized spacial score (nSPS) is 14.2. The molecule has 2 heterocycles. The van der Waals surface area contributed by atoms with Gasteiger partial charge in [-0.1, -0.05) is 27.2 Å². The van der Waals surface area contributed by atoms with Crippen LogP contribution < -0.4 is 5.32 Å². The molecule has 0 radical (unpaired) electrons. The molecule has 0 bridgehead atoms. The Morgan fingerprint density at radius 1 is 1.13 bits per heavy atom. The summed E-state index contributed by atoms with van der Waals surface area (Å²) in [5.74, 6) is -0.0110. The number of carbonyl (C=O) groups is 3. The van der Waals surface area contributed by atoms with Gasteiger partial charge >= 0.3 is 0 Å². The van der Waals surface area contributed by atoms with Crippen molar-refractivity contribution in [1.29, 1.82) is 0 Å². The molecule has 6 nitrogen and oxygen atoms in total. The van der Waals surface area contributed by atoms with Crippen molar-refractivity contribution in [2.45, 2.75) is 84.7 Å². The Bertz CT molecular complexity index is 698. The Morgan fingerprint density at radius 3 is 2.53 bits per heavy atom. The van der Waals surface area contributed by atoms with E-state index in [1.54, 1.807) is 11.3 Å². The molecule has 1 N–H and O–H groups in total. The van der Waals surface area contributed by atoms with E-state index in [0.717, 1.165) is 38.8 Å². The summed E-state index contributed by atoms with van der Waals surface area (Å²) < 4.78 is 0. The van der Waals surface area contributed by atoms with Crippen LogP contribution in [0.15, 0.2) is 11.4 Å². The molecule has 1 aliphatic heterocycles. The van der Waals surface area contributed by atoms with Crippen molar-refractivity contribution in [2.24, 2.45) is 0 Å². The van der Waals surface area contributed by atoms with Crippen LogP contribution in [0.3, 0.4) is 0 Å². The zero-order chi connectivity index (χ0) is 21.9. The number of hydrogen-bond donors (Lipinski definition) is 1. The van der Waals surface area contributed by atoms with Crippen LogP contribution in [0.1, 0.15) is 76.2 Å². The van der Waals surface area contributed by atoms with Gasteiger partial charge in [-0.05, 0) is 49.1 Å². The number of fused-ring (bicyclic) bond motifs is 1. The molecule has 1 atom stereocenters. The van der Waals surface area contributed by atoms with E-state index < -0.39 is 6.04 Å². The number of nitrogens with one attached hydrogen (secondary N) is 1. The van der Waals surface area contributed by atoms with Crippen molar-refractivity contribution in [2.75, 3.05) is 19.6 Å². The molecule has 0 saturated carbocycles. The van der Waals surface area contributed by atoms with Gasteiger partial charge in [0.25, 0.3) is 0 Å². The standard InChI is InChI=1S/C23H37N3O3S/c1-4-8-19(23(29)26-15-11-20-18(17-26)12-16-30-20)24-21(27)9-7-10-22(28)25(13-5-2)14-6-3/h12,16,19H,4-11,13-15,17H2,1-3H3,(H,24,27). The summed E-state index contributed by atoms with van der Waals surface area (Å²) in [5.41, 5.74) is 1.23. The van der Waals surface area contributed by atoms with Gasteiger partial charge in [0.15, 0.2) is 0 Å². The minimum absolute atomic E-state index is 0.00944. The van der Waals surface area contributed by atoms with Crippen LogP contribution in [-0.4, -0.2) is 53.2 Å². The number of rotatable bonds is 12. The second-order valence-electron chi connectivity index (χ2n) is 8.02. The Labute approximate surface area is 185 Å². The Hall–Kier alpha value is -1.89. The van der Waals surface area contributed by atoms with Gasteiger partial charge in [0.2, 0.25) is 17.7 Å². The number of nitrogens with zero attached hydrogens (tertiary/aromatic N) is 2. The predicted molar refractivity (Wildman–Crippen MR) is 121 cm³/mol. The maximum Gasteiger partial charge on any atom is 0.245 e. The number of carbonyl (C=O) groups excluding carboxylic acids is 3. The van der Waals surface area contributed by atoms with Crippen molar-refractivity contribution in [3.05, 3.63) is 21.9 Å². The van der Waals surface area contributed by atoms with Crippen LogP contribution in [-0.2, 0) is 27.3 Å². The average Bonchev–Trinajstić information content (AvgIpc) is 3.20. The van der Waals surface area contributed by atoms with Crippen molar-refractivity contribution in [3.8, 4) is 0 Å². The van der Waals surface area contributed by atoms with E-state index in [2.05, 4.69) is 30.6 Å². The summed E-state index contributed by atoms with van der Waals surface area (Å²) in [6.07, 6.45) is 5.41. The minimum atomic E-state index is -0.477. The predicted octanol–water partition coefficient (Wildman–Crippen LogP) is 3.74. The molecule has 7 heteroatoms. The molecule has 1 aromatic rings. The van der Waals surface area contributed by atoms with Gasteiger partial charge in [-0.25, -0.2) is 0 Å². The topological polar surface area (TPSA) is 69.7 Å². The van der Waals surface area contributed by atoms with E-state index in [-0.39, 0.29) is 24.1 Å². The third kappa shape index (κ3) is 7.11. The van der Waals surface area contributed by atoms with Gasteiger partial charge in [-0.2, -0.15) is 0 Å². The van der Waals surface area contributed by atoms with E-state index in [0.29, 0.717) is 32.4 Å². The smallest absolute Gasteiger partial charge is 0.245 e. The highest BCUT2D eigenvalue weighted by atomic mass is 32.1. The summed E-state index contributed by atoms with van der Waals surface area (Å²) in [6, 6.07) is 1.61. The zero-order valence-corrected chi connectivity index (χ0v) is 19.6. The van der Waals surface area contributed by atoms with E-state index in [1.807, 2.05) is 16.7 Å². The monoisotopic (exact) mass is 435 g/mol. The fourth-order valence-corrected chi connectivity index (χ4v) is 4.82. The van der Waals surface area contributed by atoms with Crippen LogP contribution in [0, 0.1) is 0 Å². The summed E-state index contributed by atoms with van der Waals surface area (Å²) >= 11 is 1.75.